The molecule has 1 atom stereocenters. The van der Waals surface area contributed by atoms with Crippen molar-refractivity contribution in [1.29, 1.82) is 0 Å². The van der Waals surface area contributed by atoms with Gasteiger partial charge in [0.05, 0.1) is 23.6 Å². The van der Waals surface area contributed by atoms with Gasteiger partial charge in [0.2, 0.25) is 0 Å². The van der Waals surface area contributed by atoms with Crippen molar-refractivity contribution in [2.45, 2.75) is 76.0 Å². The summed E-state index contributed by atoms with van der Waals surface area (Å²) in [4.78, 5) is 22.1. The van der Waals surface area contributed by atoms with Crippen molar-refractivity contribution in [3.63, 3.8) is 0 Å². The largest absolute Gasteiger partial charge is 0.488 e. The Balaban J connectivity index is 1.51. The van der Waals surface area contributed by atoms with Gasteiger partial charge in [0.15, 0.2) is 0 Å². The van der Waals surface area contributed by atoms with Gasteiger partial charge in [0.1, 0.15) is 17.9 Å². The summed E-state index contributed by atoms with van der Waals surface area (Å²) in [6, 6.07) is 4.07. The quantitative estimate of drug-likeness (QED) is 0.539. The van der Waals surface area contributed by atoms with Crippen LogP contribution in [0.2, 0.25) is 0 Å². The lowest BCUT2D eigenvalue weighted by molar-refractivity contribution is 0.134. The van der Waals surface area contributed by atoms with Gasteiger partial charge in [0, 0.05) is 30.3 Å². The lowest BCUT2D eigenvalue weighted by Gasteiger charge is -2.37. The first kappa shape index (κ1) is 22.7. The number of benzene rings is 1. The smallest absolute Gasteiger partial charge is 0.404 e. The predicted octanol–water partition coefficient (Wildman–Crippen LogP) is 3.09. The van der Waals surface area contributed by atoms with Gasteiger partial charge in [0.25, 0.3) is 0 Å². The molecule has 1 saturated heterocycles. The van der Waals surface area contributed by atoms with Crippen LogP contribution in [-0.2, 0) is 11.8 Å². The van der Waals surface area contributed by atoms with E-state index in [0.717, 1.165) is 73.3 Å². The SMILES string of the molecule is CC1(C)Cc2c(ccc(OC3CCC(NC(=O)O)CC3)c2N2CCC(O)C2)-c2ncnc(N)c21. The zero-order valence-corrected chi connectivity index (χ0v) is 19.8. The van der Waals surface area contributed by atoms with Crippen LogP contribution < -0.4 is 20.7 Å². The highest BCUT2D eigenvalue weighted by atomic mass is 16.5. The number of aliphatic hydroxyl groups is 1. The lowest BCUT2D eigenvalue weighted by atomic mass is 9.71. The molecule has 2 aromatic rings. The molecule has 9 nitrogen and oxygen atoms in total. The highest BCUT2D eigenvalue weighted by molar-refractivity contribution is 5.83. The third kappa shape index (κ3) is 4.13. The number of carbonyl (C=O) groups is 1. The first-order chi connectivity index (χ1) is 16.2. The van der Waals surface area contributed by atoms with Gasteiger partial charge < -0.3 is 30.9 Å². The van der Waals surface area contributed by atoms with E-state index in [9.17, 15) is 9.90 Å². The molecule has 2 heterocycles. The topological polar surface area (TPSA) is 134 Å². The number of amides is 1. The molecule has 5 rings (SSSR count). The standard InChI is InChI=1S/C25H33N5O4/c1-25(2)11-18-17(21-20(25)23(26)28-13-27-21)7-8-19(22(18)30-10-9-15(31)12-30)34-16-5-3-14(4-6-16)29-24(32)33/h7-8,13-16,29,31H,3-6,9-12H2,1-2H3,(H,32,33)(H2,26,27,28). The number of hydrogen-bond acceptors (Lipinski definition) is 7. The first-order valence-corrected chi connectivity index (χ1v) is 12.1. The highest BCUT2D eigenvalue weighted by Crippen LogP contribution is 2.50. The molecule has 1 amide bonds. The summed E-state index contributed by atoms with van der Waals surface area (Å²) < 4.78 is 6.58. The molecule has 3 aliphatic rings. The second-order valence-corrected chi connectivity index (χ2v) is 10.4. The molecule has 1 unspecified atom stereocenters. The van der Waals surface area contributed by atoms with Gasteiger partial charge in [-0.05, 0) is 61.6 Å². The van der Waals surface area contributed by atoms with Crippen LogP contribution in [0, 0.1) is 0 Å². The van der Waals surface area contributed by atoms with E-state index < -0.39 is 6.09 Å². The molecule has 182 valence electrons. The Kier molecular flexibility index (Phi) is 5.75. The number of anilines is 2. The van der Waals surface area contributed by atoms with Crippen molar-refractivity contribution in [2.75, 3.05) is 23.7 Å². The maximum Gasteiger partial charge on any atom is 0.404 e. The van der Waals surface area contributed by atoms with E-state index >= 15 is 0 Å². The fourth-order valence-corrected chi connectivity index (χ4v) is 5.88. The summed E-state index contributed by atoms with van der Waals surface area (Å²) in [6.45, 7) is 5.67. The number of carboxylic acid groups (broad SMARTS) is 1. The molecule has 34 heavy (non-hydrogen) atoms. The number of nitrogens with two attached hydrogens (primary N) is 1. The van der Waals surface area contributed by atoms with Crippen molar-refractivity contribution in [2.24, 2.45) is 0 Å². The highest BCUT2D eigenvalue weighted by Gasteiger charge is 2.38. The Morgan fingerprint density at radius 3 is 2.65 bits per heavy atom. The fourth-order valence-electron chi connectivity index (χ4n) is 5.88. The number of hydrogen-bond donors (Lipinski definition) is 4. The second kappa shape index (κ2) is 8.61. The molecule has 9 heteroatoms. The van der Waals surface area contributed by atoms with E-state index in [2.05, 4.69) is 40.1 Å². The van der Waals surface area contributed by atoms with Crippen molar-refractivity contribution in [1.82, 2.24) is 15.3 Å². The van der Waals surface area contributed by atoms with E-state index in [1.54, 1.807) is 0 Å². The second-order valence-electron chi connectivity index (χ2n) is 10.4. The van der Waals surface area contributed by atoms with Gasteiger partial charge in [-0.15, -0.1) is 0 Å². The van der Waals surface area contributed by atoms with Gasteiger partial charge >= 0.3 is 6.09 Å². The molecular formula is C25H33N5O4. The Morgan fingerprint density at radius 1 is 1.21 bits per heavy atom. The average molecular weight is 468 g/mol. The Morgan fingerprint density at radius 2 is 1.97 bits per heavy atom. The van der Waals surface area contributed by atoms with Gasteiger partial charge in [-0.1, -0.05) is 13.8 Å². The number of nitrogen functional groups attached to an aromatic ring is 1. The summed E-state index contributed by atoms with van der Waals surface area (Å²) in [5.74, 6) is 1.34. The molecule has 1 saturated carbocycles. The first-order valence-electron chi connectivity index (χ1n) is 12.1. The number of nitrogens with one attached hydrogen (secondary N) is 1. The minimum Gasteiger partial charge on any atom is -0.488 e. The van der Waals surface area contributed by atoms with Crippen LogP contribution in [0.15, 0.2) is 18.5 Å². The van der Waals surface area contributed by atoms with Crippen LogP contribution in [0.3, 0.4) is 0 Å². The van der Waals surface area contributed by atoms with E-state index in [1.165, 1.54) is 11.9 Å². The molecule has 5 N–H and O–H groups in total. The molecule has 1 aliphatic heterocycles. The van der Waals surface area contributed by atoms with Gasteiger partial charge in [-0.25, -0.2) is 14.8 Å². The van der Waals surface area contributed by atoms with Crippen LogP contribution in [-0.4, -0.2) is 57.6 Å². The van der Waals surface area contributed by atoms with Crippen LogP contribution in [0.4, 0.5) is 16.3 Å². The number of β-amino-alcohol motifs (C(OH)–C–C–N with tert-alkyl or cyclic N) is 1. The Bertz CT molecular complexity index is 1100. The van der Waals surface area contributed by atoms with Crippen molar-refractivity contribution in [3.8, 4) is 17.0 Å². The molecule has 2 fully saturated rings. The Labute approximate surface area is 199 Å². The van der Waals surface area contributed by atoms with Crippen molar-refractivity contribution < 1.29 is 19.7 Å². The summed E-state index contributed by atoms with van der Waals surface area (Å²) in [5, 5.41) is 21.9. The summed E-state index contributed by atoms with van der Waals surface area (Å²) >= 11 is 0. The summed E-state index contributed by atoms with van der Waals surface area (Å²) in [7, 11) is 0. The molecule has 2 aliphatic carbocycles. The third-order valence-electron chi connectivity index (χ3n) is 7.45. The fraction of sp³-hybridized carbons (Fsp3) is 0.560. The summed E-state index contributed by atoms with van der Waals surface area (Å²) in [5.41, 5.74) is 11.1. The number of fused-ring (bicyclic) bond motifs is 3. The van der Waals surface area contributed by atoms with Crippen LogP contribution >= 0.6 is 0 Å². The number of aromatic nitrogens is 2. The summed E-state index contributed by atoms with van der Waals surface area (Å²) in [6.07, 6.45) is 4.82. The minimum atomic E-state index is -0.971. The molecular weight excluding hydrogens is 434 g/mol. The maximum atomic E-state index is 11.0. The monoisotopic (exact) mass is 467 g/mol. The normalized spacial score (nSPS) is 25.4. The Hall–Kier alpha value is -3.07. The maximum absolute atomic E-state index is 11.0. The number of rotatable bonds is 4. The minimum absolute atomic E-state index is 0.0171. The van der Waals surface area contributed by atoms with Crippen molar-refractivity contribution >= 4 is 17.6 Å². The van der Waals surface area contributed by atoms with Crippen LogP contribution in [0.5, 0.6) is 5.75 Å². The number of ether oxygens (including phenoxy) is 1. The molecule has 0 bridgehead atoms. The van der Waals surface area contributed by atoms with E-state index in [1.807, 2.05) is 6.07 Å². The third-order valence-corrected chi connectivity index (χ3v) is 7.45. The predicted molar refractivity (Wildman–Crippen MR) is 129 cm³/mol. The number of aliphatic hydroxyl groups excluding tert-OH is 1. The molecule has 0 radical (unpaired) electrons. The van der Waals surface area contributed by atoms with Crippen LogP contribution in [0.25, 0.3) is 11.3 Å². The zero-order valence-electron chi connectivity index (χ0n) is 19.8. The molecule has 0 spiro atoms. The van der Waals surface area contributed by atoms with E-state index in [4.69, 9.17) is 15.6 Å². The average Bonchev–Trinajstić information content (AvgIpc) is 3.20. The van der Waals surface area contributed by atoms with E-state index in [-0.39, 0.29) is 23.7 Å². The lowest BCUT2D eigenvalue weighted by Crippen LogP contribution is -2.39. The van der Waals surface area contributed by atoms with Gasteiger partial charge in [-0.2, -0.15) is 0 Å². The molecule has 1 aromatic carbocycles. The molecule has 1 aromatic heterocycles. The van der Waals surface area contributed by atoms with E-state index in [0.29, 0.717) is 12.4 Å². The number of nitrogens with zero attached hydrogens (tertiary/aromatic N) is 3. The van der Waals surface area contributed by atoms with Crippen molar-refractivity contribution in [3.05, 3.63) is 29.6 Å². The van der Waals surface area contributed by atoms with Gasteiger partial charge in [-0.3, -0.25) is 0 Å². The zero-order chi connectivity index (χ0) is 24.0. The van der Waals surface area contributed by atoms with Crippen LogP contribution in [0.1, 0.15) is 57.1 Å².